The van der Waals surface area contributed by atoms with E-state index in [4.69, 9.17) is 32.6 Å². The Morgan fingerprint density at radius 1 is 0.288 bits per heavy atom. The lowest BCUT2D eigenvalue weighted by molar-refractivity contribution is 0.668. The largest absolute Gasteiger partial charge is 0.456 e. The average Bonchev–Trinajstić information content (AvgIpc) is 4.06. The van der Waals surface area contributed by atoms with Gasteiger partial charge in [0.1, 0.15) is 44.7 Å². The maximum Gasteiger partial charge on any atom is 0.238 e. The van der Waals surface area contributed by atoms with Crippen molar-refractivity contribution in [1.29, 1.82) is 0 Å². The van der Waals surface area contributed by atoms with Gasteiger partial charge in [-0.15, -0.1) is 0 Å². The Bertz CT molecular complexity index is 3590. The summed E-state index contributed by atoms with van der Waals surface area (Å²) in [4.78, 5) is 18.0. The molecule has 0 radical (unpaired) electrons. The second kappa shape index (κ2) is 12.1. The van der Waals surface area contributed by atoms with Crippen molar-refractivity contribution >= 4 is 105 Å². The number of nitrogens with zero attached hydrogens (tertiary/aromatic N) is 4. The molecule has 0 fully saturated rings. The van der Waals surface area contributed by atoms with Crippen LogP contribution in [0.15, 0.2) is 188 Å². The molecule has 8 aromatic carbocycles. The molecule has 8 nitrogen and oxygen atoms in total. The molecule has 0 unspecified atom stereocenters. The van der Waals surface area contributed by atoms with Crippen LogP contribution in [0.3, 0.4) is 0 Å². The number of fused-ring (bicyclic) bond motifs is 12. The molecule has 0 aliphatic heterocycles. The van der Waals surface area contributed by atoms with E-state index in [-0.39, 0.29) is 0 Å². The van der Waals surface area contributed by atoms with Gasteiger partial charge in [-0.1, -0.05) is 72.8 Å². The number of hydrogen-bond donors (Lipinski definition) is 0. The number of para-hydroxylation sites is 4. The first-order valence-electron chi connectivity index (χ1n) is 19.4. The summed E-state index contributed by atoms with van der Waals surface area (Å²) in [6, 6.07) is 57.0. The summed E-state index contributed by atoms with van der Waals surface area (Å²) >= 11 is 0. The maximum absolute atomic E-state index is 6.28. The van der Waals surface area contributed by atoms with Gasteiger partial charge in [0.25, 0.3) is 0 Å². The maximum atomic E-state index is 6.28. The van der Waals surface area contributed by atoms with Gasteiger partial charge in [-0.3, -0.25) is 4.90 Å². The van der Waals surface area contributed by atoms with Crippen molar-refractivity contribution in [3.05, 3.63) is 170 Å². The van der Waals surface area contributed by atoms with Gasteiger partial charge >= 0.3 is 0 Å². The van der Waals surface area contributed by atoms with Gasteiger partial charge < -0.3 is 17.7 Å². The Morgan fingerprint density at radius 3 is 1.00 bits per heavy atom. The standard InChI is InChI=1S/C51H28N4O4/c1-5-13-41-33(9-1)37-25-29(17-21-45(37)56-41)49-52-50(30-18-22-46-38(26-30)34-10-2-6-14-42(34)57-46)54-51(53-49)55(31-19-23-47-39(27-31)35-11-3-7-15-43(35)58-47)32-20-24-48-40(28-32)36-12-4-8-16-44(36)59-48/h1-28H. The molecule has 0 N–H and O–H groups in total. The number of anilines is 3. The monoisotopic (exact) mass is 760 g/mol. The fraction of sp³-hybridized carbons (Fsp3) is 0. The molecular formula is C51H28N4O4. The van der Waals surface area contributed by atoms with Crippen molar-refractivity contribution in [1.82, 2.24) is 15.0 Å². The summed E-state index contributed by atoms with van der Waals surface area (Å²) in [6.45, 7) is 0. The van der Waals surface area contributed by atoms with Crippen LogP contribution in [0.2, 0.25) is 0 Å². The molecule has 276 valence electrons. The van der Waals surface area contributed by atoms with E-state index in [0.29, 0.717) is 17.6 Å². The lowest BCUT2D eigenvalue weighted by Gasteiger charge is -2.24. The third-order valence-corrected chi connectivity index (χ3v) is 11.3. The van der Waals surface area contributed by atoms with Crippen LogP contribution < -0.4 is 4.90 Å². The summed E-state index contributed by atoms with van der Waals surface area (Å²) in [5.41, 5.74) is 9.85. The van der Waals surface area contributed by atoms with Crippen LogP contribution >= 0.6 is 0 Å². The predicted octanol–water partition coefficient (Wildman–Crippen LogP) is 14.3. The molecule has 8 heteroatoms. The molecule has 0 bridgehead atoms. The number of rotatable bonds is 5. The van der Waals surface area contributed by atoms with Crippen LogP contribution in [0.25, 0.3) is 111 Å². The van der Waals surface area contributed by atoms with E-state index in [9.17, 15) is 0 Å². The van der Waals surface area contributed by atoms with Crippen LogP contribution in [-0.4, -0.2) is 15.0 Å². The molecule has 13 rings (SSSR count). The first-order valence-corrected chi connectivity index (χ1v) is 19.4. The Morgan fingerprint density at radius 2 is 0.610 bits per heavy atom. The van der Waals surface area contributed by atoms with Gasteiger partial charge in [0, 0.05) is 65.6 Å². The van der Waals surface area contributed by atoms with Crippen LogP contribution in [0.4, 0.5) is 17.3 Å². The number of benzene rings is 8. The average molecular weight is 761 g/mol. The summed E-state index contributed by atoms with van der Waals surface area (Å²) in [6.07, 6.45) is 0. The zero-order valence-electron chi connectivity index (χ0n) is 31.1. The molecule has 59 heavy (non-hydrogen) atoms. The Balaban J connectivity index is 1.09. The topological polar surface area (TPSA) is 94.5 Å². The van der Waals surface area contributed by atoms with Crippen molar-refractivity contribution in [2.45, 2.75) is 0 Å². The molecule has 0 spiro atoms. The Kier molecular flexibility index (Phi) is 6.56. The van der Waals surface area contributed by atoms with Gasteiger partial charge in [0.15, 0.2) is 11.6 Å². The minimum absolute atomic E-state index is 0.443. The molecule has 5 heterocycles. The minimum Gasteiger partial charge on any atom is -0.456 e. The van der Waals surface area contributed by atoms with Crippen molar-refractivity contribution in [3.8, 4) is 22.8 Å². The summed E-state index contributed by atoms with van der Waals surface area (Å²) in [7, 11) is 0. The Hall–Kier alpha value is -8.23. The molecule has 0 amide bonds. The molecular weight excluding hydrogens is 733 g/mol. The zero-order chi connectivity index (χ0) is 38.6. The smallest absolute Gasteiger partial charge is 0.238 e. The first kappa shape index (κ1) is 31.9. The van der Waals surface area contributed by atoms with Crippen molar-refractivity contribution in [2.24, 2.45) is 0 Å². The van der Waals surface area contributed by atoms with E-state index >= 15 is 0 Å². The lowest BCUT2D eigenvalue weighted by atomic mass is 10.1. The minimum atomic E-state index is 0.443. The highest BCUT2D eigenvalue weighted by Crippen LogP contribution is 2.42. The SMILES string of the molecule is c1ccc2c(c1)oc1ccc(-c3nc(-c4ccc5oc6ccccc6c5c4)nc(N(c4ccc5oc6ccccc6c5c4)c4ccc5oc6ccccc6c5c4)n3)cc12. The fourth-order valence-electron chi connectivity index (χ4n) is 8.54. The van der Waals surface area contributed by atoms with E-state index < -0.39 is 0 Å². The quantitative estimate of drug-likeness (QED) is 0.171. The predicted molar refractivity (Wildman–Crippen MR) is 234 cm³/mol. The van der Waals surface area contributed by atoms with Gasteiger partial charge in [0.05, 0.1) is 0 Å². The second-order valence-electron chi connectivity index (χ2n) is 14.8. The molecule has 13 aromatic rings. The van der Waals surface area contributed by atoms with Gasteiger partial charge in [-0.2, -0.15) is 9.97 Å². The van der Waals surface area contributed by atoms with Gasteiger partial charge in [-0.25, -0.2) is 4.98 Å². The number of aromatic nitrogens is 3. The highest BCUT2D eigenvalue weighted by atomic mass is 16.3. The summed E-state index contributed by atoms with van der Waals surface area (Å²) < 4.78 is 25.0. The van der Waals surface area contributed by atoms with Crippen molar-refractivity contribution in [2.75, 3.05) is 4.90 Å². The zero-order valence-corrected chi connectivity index (χ0v) is 31.1. The lowest BCUT2D eigenvalue weighted by Crippen LogP contribution is -2.15. The molecule has 0 saturated carbocycles. The van der Waals surface area contributed by atoms with Gasteiger partial charge in [0.2, 0.25) is 5.95 Å². The van der Waals surface area contributed by atoms with E-state index in [1.165, 1.54) is 0 Å². The summed E-state index contributed by atoms with van der Waals surface area (Å²) in [5.74, 6) is 1.48. The molecule has 0 aliphatic carbocycles. The van der Waals surface area contributed by atoms with Crippen LogP contribution in [-0.2, 0) is 0 Å². The van der Waals surface area contributed by atoms with Crippen LogP contribution in [0.5, 0.6) is 0 Å². The molecule has 0 saturated heterocycles. The third kappa shape index (κ3) is 4.93. The van der Waals surface area contributed by atoms with Crippen molar-refractivity contribution < 1.29 is 17.7 Å². The van der Waals surface area contributed by atoms with Crippen LogP contribution in [0, 0.1) is 0 Å². The summed E-state index contributed by atoms with van der Waals surface area (Å²) in [5, 5.41) is 8.05. The van der Waals surface area contributed by atoms with E-state index in [1.807, 2.05) is 109 Å². The number of hydrogen-bond acceptors (Lipinski definition) is 8. The first-order chi connectivity index (χ1) is 29.2. The second-order valence-corrected chi connectivity index (χ2v) is 14.8. The Labute approximate surface area is 334 Å². The highest BCUT2D eigenvalue weighted by Gasteiger charge is 2.23. The fourth-order valence-corrected chi connectivity index (χ4v) is 8.54. The number of furan rings is 4. The third-order valence-electron chi connectivity index (χ3n) is 11.3. The molecule has 0 atom stereocenters. The normalized spacial score (nSPS) is 12.1. The molecule has 0 aliphatic rings. The van der Waals surface area contributed by atoms with E-state index in [1.54, 1.807) is 0 Å². The van der Waals surface area contributed by atoms with Crippen molar-refractivity contribution in [3.63, 3.8) is 0 Å². The van der Waals surface area contributed by atoms with Crippen LogP contribution in [0.1, 0.15) is 0 Å². The molecule has 5 aromatic heterocycles. The van der Waals surface area contributed by atoms with E-state index in [0.717, 1.165) is 110 Å². The van der Waals surface area contributed by atoms with Gasteiger partial charge in [-0.05, 0) is 97.1 Å². The highest BCUT2D eigenvalue weighted by molar-refractivity contribution is 6.10. The van der Waals surface area contributed by atoms with E-state index in [2.05, 4.69) is 65.6 Å².